The van der Waals surface area contributed by atoms with Crippen LogP contribution in [0, 0.1) is 0 Å². The van der Waals surface area contributed by atoms with Crippen molar-refractivity contribution in [1.29, 1.82) is 0 Å². The first kappa shape index (κ1) is 22.3. The molecule has 0 aliphatic carbocycles. The van der Waals surface area contributed by atoms with Crippen LogP contribution < -0.4 is 13.9 Å². The van der Waals surface area contributed by atoms with Gasteiger partial charge in [-0.3, -0.25) is 0 Å². The van der Waals surface area contributed by atoms with E-state index in [-0.39, 0.29) is 5.04 Å². The summed E-state index contributed by atoms with van der Waals surface area (Å²) in [5.41, 5.74) is 1.08. The molecule has 0 unspecified atom stereocenters. The molecule has 0 saturated heterocycles. The van der Waals surface area contributed by atoms with Crippen LogP contribution in [0.25, 0.3) is 0 Å². The average Bonchev–Trinajstić information content (AvgIpc) is 2.59. The molecule has 154 valence electrons. The van der Waals surface area contributed by atoms with Crippen molar-refractivity contribution in [3.63, 3.8) is 0 Å². The summed E-state index contributed by atoms with van der Waals surface area (Å²) < 4.78 is 18.2. The van der Waals surface area contributed by atoms with Crippen LogP contribution in [0.5, 0.6) is 17.2 Å². The van der Waals surface area contributed by atoms with Crippen molar-refractivity contribution < 1.29 is 13.9 Å². The molecule has 0 heterocycles. The van der Waals surface area contributed by atoms with Gasteiger partial charge in [0.2, 0.25) is 8.32 Å². The molecular formula is C23H35NO3Si. The minimum absolute atomic E-state index is 0.164. The lowest BCUT2D eigenvalue weighted by Crippen LogP contribution is -2.43. The molecule has 0 saturated carbocycles. The molecule has 0 fully saturated rings. The lowest BCUT2D eigenvalue weighted by molar-refractivity contribution is 0.260. The van der Waals surface area contributed by atoms with E-state index in [1.807, 2.05) is 56.6 Å². The number of ether oxygens (including phenoxy) is 2. The second kappa shape index (κ2) is 9.48. The normalized spacial score (nSPS) is 12.1. The smallest absolute Gasteiger partial charge is 0.250 e. The maximum atomic E-state index is 6.38. The van der Waals surface area contributed by atoms with E-state index in [0.717, 1.165) is 29.4 Å². The van der Waals surface area contributed by atoms with Gasteiger partial charge in [0.25, 0.3) is 0 Å². The van der Waals surface area contributed by atoms with Gasteiger partial charge in [-0.05, 0) is 62.1 Å². The van der Waals surface area contributed by atoms with Crippen molar-refractivity contribution in [2.75, 3.05) is 27.2 Å². The molecule has 5 heteroatoms. The highest BCUT2D eigenvalue weighted by molar-refractivity contribution is 6.74. The average molecular weight is 402 g/mol. The summed E-state index contributed by atoms with van der Waals surface area (Å²) in [4.78, 5) is 2.10. The number of hydrogen-bond acceptors (Lipinski definition) is 4. The first-order valence-electron chi connectivity index (χ1n) is 9.85. The van der Waals surface area contributed by atoms with E-state index in [1.165, 1.54) is 0 Å². The van der Waals surface area contributed by atoms with Crippen LogP contribution in [0.4, 0.5) is 0 Å². The largest absolute Gasteiger partial charge is 0.543 e. The quantitative estimate of drug-likeness (QED) is 0.513. The maximum absolute atomic E-state index is 6.38. The Morgan fingerprint density at radius 3 is 2.11 bits per heavy atom. The third kappa shape index (κ3) is 6.88. The Hall–Kier alpha value is -1.98. The lowest BCUT2D eigenvalue weighted by atomic mass is 10.2. The van der Waals surface area contributed by atoms with Gasteiger partial charge in [0.1, 0.15) is 30.5 Å². The predicted octanol–water partition coefficient (Wildman–Crippen LogP) is 5.59. The minimum Gasteiger partial charge on any atom is -0.543 e. The zero-order valence-corrected chi connectivity index (χ0v) is 19.4. The molecule has 0 atom stereocenters. The summed E-state index contributed by atoms with van der Waals surface area (Å²) >= 11 is 0. The van der Waals surface area contributed by atoms with E-state index >= 15 is 0 Å². The SMILES string of the molecule is CN(C)CCOc1cccc(COc2cccc(O[Si](C)(C)C(C)(C)C)c2)c1. The Balaban J connectivity index is 1.96. The monoisotopic (exact) mass is 401 g/mol. The zero-order valence-electron chi connectivity index (χ0n) is 18.4. The maximum Gasteiger partial charge on any atom is 0.250 e. The van der Waals surface area contributed by atoms with Gasteiger partial charge >= 0.3 is 0 Å². The minimum atomic E-state index is -1.86. The molecule has 4 nitrogen and oxygen atoms in total. The molecule has 0 bridgehead atoms. The molecule has 0 N–H and O–H groups in total. The van der Waals surface area contributed by atoms with Crippen molar-refractivity contribution in [2.45, 2.75) is 45.5 Å². The fourth-order valence-electron chi connectivity index (χ4n) is 2.31. The summed E-state index contributed by atoms with van der Waals surface area (Å²) in [6.07, 6.45) is 0. The second-order valence-electron chi connectivity index (χ2n) is 8.93. The van der Waals surface area contributed by atoms with Crippen molar-refractivity contribution in [1.82, 2.24) is 4.90 Å². The fourth-order valence-corrected chi connectivity index (χ4v) is 3.34. The van der Waals surface area contributed by atoms with Gasteiger partial charge in [0.05, 0.1) is 0 Å². The Labute approximate surface area is 171 Å². The van der Waals surface area contributed by atoms with Gasteiger partial charge in [-0.15, -0.1) is 0 Å². The van der Waals surface area contributed by atoms with E-state index in [9.17, 15) is 0 Å². The highest BCUT2D eigenvalue weighted by Gasteiger charge is 2.38. The molecule has 0 aliphatic heterocycles. The molecule has 0 aromatic heterocycles. The van der Waals surface area contributed by atoms with Crippen molar-refractivity contribution in [3.05, 3.63) is 54.1 Å². The summed E-state index contributed by atoms with van der Waals surface area (Å²) in [5.74, 6) is 2.57. The van der Waals surface area contributed by atoms with Gasteiger partial charge in [-0.1, -0.05) is 39.0 Å². The number of rotatable bonds is 9. The van der Waals surface area contributed by atoms with E-state index in [2.05, 4.69) is 44.8 Å². The molecular weight excluding hydrogens is 366 g/mol. The Bertz CT molecular complexity index is 754. The molecule has 0 spiro atoms. The third-order valence-corrected chi connectivity index (χ3v) is 9.45. The highest BCUT2D eigenvalue weighted by atomic mass is 28.4. The van der Waals surface area contributed by atoms with Gasteiger partial charge in [0, 0.05) is 12.6 Å². The summed E-state index contributed by atoms with van der Waals surface area (Å²) in [6, 6.07) is 16.0. The van der Waals surface area contributed by atoms with Crippen LogP contribution in [0.3, 0.4) is 0 Å². The van der Waals surface area contributed by atoms with Crippen molar-refractivity contribution >= 4 is 8.32 Å². The van der Waals surface area contributed by atoms with E-state index < -0.39 is 8.32 Å². The standard InChI is InChI=1S/C23H35NO3Si/c1-23(2,3)28(6,7)27-22-13-9-12-21(17-22)26-18-19-10-8-11-20(16-19)25-15-14-24(4)5/h8-13,16-17H,14-15,18H2,1-7H3. The Morgan fingerprint density at radius 2 is 1.46 bits per heavy atom. The molecule has 2 aromatic carbocycles. The van der Waals surface area contributed by atoms with Crippen LogP contribution in [-0.4, -0.2) is 40.5 Å². The number of benzene rings is 2. The fraction of sp³-hybridized carbons (Fsp3) is 0.478. The molecule has 0 radical (unpaired) electrons. The molecule has 2 rings (SSSR count). The zero-order chi connectivity index (χ0) is 20.8. The second-order valence-corrected chi connectivity index (χ2v) is 13.6. The van der Waals surface area contributed by atoms with Gasteiger partial charge < -0.3 is 18.8 Å². The topological polar surface area (TPSA) is 30.9 Å². The predicted molar refractivity (Wildman–Crippen MR) is 119 cm³/mol. The summed E-state index contributed by atoms with van der Waals surface area (Å²) in [5, 5.41) is 0.164. The summed E-state index contributed by atoms with van der Waals surface area (Å²) in [6.45, 7) is 13.3. The number of nitrogens with zero attached hydrogens (tertiary/aromatic N) is 1. The van der Waals surface area contributed by atoms with Crippen LogP contribution in [0.2, 0.25) is 18.1 Å². The number of hydrogen-bond donors (Lipinski definition) is 0. The Morgan fingerprint density at radius 1 is 0.857 bits per heavy atom. The van der Waals surface area contributed by atoms with Crippen LogP contribution in [0.15, 0.2) is 48.5 Å². The van der Waals surface area contributed by atoms with Crippen LogP contribution >= 0.6 is 0 Å². The van der Waals surface area contributed by atoms with Gasteiger partial charge in [0.15, 0.2) is 0 Å². The van der Waals surface area contributed by atoms with Crippen molar-refractivity contribution in [2.24, 2.45) is 0 Å². The summed E-state index contributed by atoms with van der Waals surface area (Å²) in [7, 11) is 2.22. The van der Waals surface area contributed by atoms with Crippen molar-refractivity contribution in [3.8, 4) is 17.2 Å². The van der Waals surface area contributed by atoms with E-state index in [1.54, 1.807) is 0 Å². The van der Waals surface area contributed by atoms with E-state index in [0.29, 0.717) is 13.2 Å². The molecule has 28 heavy (non-hydrogen) atoms. The van der Waals surface area contributed by atoms with E-state index in [4.69, 9.17) is 13.9 Å². The lowest BCUT2D eigenvalue weighted by Gasteiger charge is -2.36. The number of likely N-dealkylation sites (N-methyl/N-ethyl adjacent to an activating group) is 1. The third-order valence-electron chi connectivity index (χ3n) is 5.10. The first-order chi connectivity index (χ1) is 13.1. The van der Waals surface area contributed by atoms with Crippen LogP contribution in [-0.2, 0) is 6.61 Å². The highest BCUT2D eigenvalue weighted by Crippen LogP contribution is 2.37. The molecule has 0 aliphatic rings. The van der Waals surface area contributed by atoms with Crippen LogP contribution in [0.1, 0.15) is 26.3 Å². The molecule has 2 aromatic rings. The molecule has 0 amide bonds. The first-order valence-corrected chi connectivity index (χ1v) is 12.8. The van der Waals surface area contributed by atoms with Gasteiger partial charge in [-0.2, -0.15) is 0 Å². The Kier molecular flexibility index (Phi) is 7.55. The van der Waals surface area contributed by atoms with Gasteiger partial charge in [-0.25, -0.2) is 0 Å².